The van der Waals surface area contributed by atoms with Gasteiger partial charge in [-0.3, -0.25) is 13.9 Å². The molecular formula is C24H32BrN3O4S. The van der Waals surface area contributed by atoms with Crippen molar-refractivity contribution >= 4 is 43.5 Å². The van der Waals surface area contributed by atoms with Crippen LogP contribution in [0, 0.1) is 0 Å². The van der Waals surface area contributed by atoms with Crippen molar-refractivity contribution in [3.05, 3.63) is 64.6 Å². The number of hydrogen-bond acceptors (Lipinski definition) is 4. The molecule has 180 valence electrons. The molecule has 2 aromatic rings. The van der Waals surface area contributed by atoms with E-state index in [0.29, 0.717) is 16.6 Å². The molecule has 0 heterocycles. The SMILES string of the molecule is CCC(C)NC(=O)C(CC)N(Cc1ccccc1)C(=O)CN(c1cccc(Br)c1)S(C)(=O)=O. The molecule has 0 radical (unpaired) electrons. The zero-order chi connectivity index (χ0) is 24.6. The van der Waals surface area contributed by atoms with E-state index in [4.69, 9.17) is 0 Å². The number of rotatable bonds is 11. The van der Waals surface area contributed by atoms with Gasteiger partial charge in [0.05, 0.1) is 11.9 Å². The van der Waals surface area contributed by atoms with Crippen LogP contribution in [0.1, 0.15) is 39.2 Å². The minimum atomic E-state index is -3.75. The highest BCUT2D eigenvalue weighted by Crippen LogP contribution is 2.23. The average Bonchev–Trinajstić information content (AvgIpc) is 2.76. The predicted octanol–water partition coefficient (Wildman–Crippen LogP) is 3.94. The van der Waals surface area contributed by atoms with Crippen molar-refractivity contribution in [3.8, 4) is 0 Å². The van der Waals surface area contributed by atoms with Crippen molar-refractivity contribution in [3.63, 3.8) is 0 Å². The standard InChI is InChI=1S/C24H32BrN3O4S/c1-5-18(3)26-24(30)22(6-2)27(16-19-11-8-7-9-12-19)23(29)17-28(33(4,31)32)21-14-10-13-20(25)15-21/h7-15,18,22H,5-6,16-17H2,1-4H3,(H,26,30). The van der Waals surface area contributed by atoms with Crippen LogP contribution in [0.3, 0.4) is 0 Å². The molecule has 7 nitrogen and oxygen atoms in total. The monoisotopic (exact) mass is 537 g/mol. The molecule has 0 saturated carbocycles. The lowest BCUT2D eigenvalue weighted by molar-refractivity contribution is -0.140. The quantitative estimate of drug-likeness (QED) is 0.470. The van der Waals surface area contributed by atoms with Gasteiger partial charge >= 0.3 is 0 Å². The zero-order valence-electron chi connectivity index (χ0n) is 19.5. The van der Waals surface area contributed by atoms with Crippen LogP contribution in [-0.4, -0.2) is 50.0 Å². The van der Waals surface area contributed by atoms with Gasteiger partial charge in [-0.1, -0.05) is 66.2 Å². The fraction of sp³-hybridized carbons (Fsp3) is 0.417. The summed E-state index contributed by atoms with van der Waals surface area (Å²) in [6.45, 7) is 5.51. The molecule has 2 rings (SSSR count). The summed E-state index contributed by atoms with van der Waals surface area (Å²) in [6.07, 6.45) is 2.23. The molecule has 2 aromatic carbocycles. The molecule has 9 heteroatoms. The molecular weight excluding hydrogens is 506 g/mol. The lowest BCUT2D eigenvalue weighted by Gasteiger charge is -2.33. The normalized spacial score (nSPS) is 13.1. The maximum absolute atomic E-state index is 13.6. The van der Waals surface area contributed by atoms with Gasteiger partial charge in [-0.05, 0) is 43.5 Å². The van der Waals surface area contributed by atoms with E-state index in [2.05, 4.69) is 21.2 Å². The van der Waals surface area contributed by atoms with Crippen LogP contribution >= 0.6 is 15.9 Å². The van der Waals surface area contributed by atoms with Gasteiger partial charge in [-0.15, -0.1) is 0 Å². The molecule has 0 bridgehead atoms. The lowest BCUT2D eigenvalue weighted by Crippen LogP contribution is -2.53. The highest BCUT2D eigenvalue weighted by Gasteiger charge is 2.32. The van der Waals surface area contributed by atoms with Gasteiger partial charge in [-0.25, -0.2) is 8.42 Å². The summed E-state index contributed by atoms with van der Waals surface area (Å²) in [5.74, 6) is -0.695. The van der Waals surface area contributed by atoms with E-state index in [0.717, 1.165) is 22.5 Å². The Kier molecular flexibility index (Phi) is 9.91. The highest BCUT2D eigenvalue weighted by molar-refractivity contribution is 9.10. The van der Waals surface area contributed by atoms with Gasteiger partial charge in [0, 0.05) is 17.1 Å². The molecule has 33 heavy (non-hydrogen) atoms. The Morgan fingerprint density at radius 2 is 1.70 bits per heavy atom. The number of anilines is 1. The Labute approximate surface area is 205 Å². The van der Waals surface area contributed by atoms with Gasteiger partial charge in [0.25, 0.3) is 0 Å². The Morgan fingerprint density at radius 3 is 2.24 bits per heavy atom. The molecule has 0 aliphatic heterocycles. The molecule has 0 aromatic heterocycles. The van der Waals surface area contributed by atoms with Gasteiger partial charge < -0.3 is 10.2 Å². The van der Waals surface area contributed by atoms with E-state index in [9.17, 15) is 18.0 Å². The average molecular weight is 539 g/mol. The van der Waals surface area contributed by atoms with Gasteiger partial charge in [0.1, 0.15) is 12.6 Å². The van der Waals surface area contributed by atoms with Crippen molar-refractivity contribution in [2.24, 2.45) is 0 Å². The van der Waals surface area contributed by atoms with Crippen LogP contribution in [0.25, 0.3) is 0 Å². The molecule has 2 amide bonds. The van der Waals surface area contributed by atoms with Gasteiger partial charge in [0.2, 0.25) is 21.8 Å². The van der Waals surface area contributed by atoms with Crippen LogP contribution < -0.4 is 9.62 Å². The number of amides is 2. The molecule has 0 fully saturated rings. The molecule has 2 atom stereocenters. The summed E-state index contributed by atoms with van der Waals surface area (Å²) in [4.78, 5) is 28.1. The van der Waals surface area contributed by atoms with Crippen molar-refractivity contribution in [2.75, 3.05) is 17.1 Å². The third kappa shape index (κ3) is 7.85. The number of carbonyl (C=O) groups excluding carboxylic acids is 2. The smallest absolute Gasteiger partial charge is 0.244 e. The molecule has 2 unspecified atom stereocenters. The van der Waals surface area contributed by atoms with E-state index in [-0.39, 0.29) is 18.5 Å². The third-order valence-corrected chi connectivity index (χ3v) is 6.99. The second-order valence-corrected chi connectivity index (χ2v) is 10.8. The predicted molar refractivity (Wildman–Crippen MR) is 135 cm³/mol. The first-order valence-corrected chi connectivity index (χ1v) is 13.6. The van der Waals surface area contributed by atoms with E-state index >= 15 is 0 Å². The maximum atomic E-state index is 13.6. The number of carbonyl (C=O) groups is 2. The summed E-state index contributed by atoms with van der Waals surface area (Å²) in [6, 6.07) is 15.4. The van der Waals surface area contributed by atoms with Crippen molar-refractivity contribution < 1.29 is 18.0 Å². The minimum Gasteiger partial charge on any atom is -0.352 e. The van der Waals surface area contributed by atoms with Crippen molar-refractivity contribution in [1.29, 1.82) is 0 Å². The second kappa shape index (κ2) is 12.2. The first-order chi connectivity index (χ1) is 15.6. The summed E-state index contributed by atoms with van der Waals surface area (Å²) >= 11 is 3.35. The van der Waals surface area contributed by atoms with Crippen LogP contribution in [-0.2, 0) is 26.2 Å². The van der Waals surface area contributed by atoms with Crippen molar-refractivity contribution in [2.45, 2.75) is 52.2 Å². The Morgan fingerprint density at radius 1 is 1.03 bits per heavy atom. The fourth-order valence-corrected chi connectivity index (χ4v) is 4.61. The first kappa shape index (κ1) is 26.9. The van der Waals surface area contributed by atoms with E-state index in [1.54, 1.807) is 24.3 Å². The van der Waals surface area contributed by atoms with E-state index < -0.39 is 28.5 Å². The lowest BCUT2D eigenvalue weighted by atomic mass is 10.1. The number of hydrogen-bond donors (Lipinski definition) is 1. The van der Waals surface area contributed by atoms with Crippen LogP contribution in [0.2, 0.25) is 0 Å². The zero-order valence-corrected chi connectivity index (χ0v) is 21.9. The number of nitrogens with zero attached hydrogens (tertiary/aromatic N) is 2. The summed E-state index contributed by atoms with van der Waals surface area (Å²) in [7, 11) is -3.75. The van der Waals surface area contributed by atoms with Crippen molar-refractivity contribution in [1.82, 2.24) is 10.2 Å². The minimum absolute atomic E-state index is 0.0329. The van der Waals surface area contributed by atoms with Crippen LogP contribution in [0.15, 0.2) is 59.1 Å². The summed E-state index contributed by atoms with van der Waals surface area (Å²) < 4.78 is 26.9. The number of benzene rings is 2. The number of sulfonamides is 1. The maximum Gasteiger partial charge on any atom is 0.244 e. The summed E-state index contributed by atoms with van der Waals surface area (Å²) in [5.41, 5.74) is 1.23. The molecule has 0 saturated heterocycles. The Hall–Kier alpha value is -2.39. The highest BCUT2D eigenvalue weighted by atomic mass is 79.9. The number of halogens is 1. The van der Waals surface area contributed by atoms with E-state index in [1.807, 2.05) is 51.1 Å². The molecule has 1 N–H and O–H groups in total. The van der Waals surface area contributed by atoms with Crippen LogP contribution in [0.4, 0.5) is 5.69 Å². The fourth-order valence-electron chi connectivity index (χ4n) is 3.39. The molecule has 0 spiro atoms. The van der Waals surface area contributed by atoms with E-state index in [1.165, 1.54) is 4.90 Å². The number of nitrogens with one attached hydrogen (secondary N) is 1. The third-order valence-electron chi connectivity index (χ3n) is 5.36. The van der Waals surface area contributed by atoms with Gasteiger partial charge in [0.15, 0.2) is 0 Å². The first-order valence-electron chi connectivity index (χ1n) is 10.9. The van der Waals surface area contributed by atoms with Gasteiger partial charge in [-0.2, -0.15) is 0 Å². The largest absolute Gasteiger partial charge is 0.352 e. The van der Waals surface area contributed by atoms with Crippen LogP contribution in [0.5, 0.6) is 0 Å². The summed E-state index contributed by atoms with van der Waals surface area (Å²) in [5, 5.41) is 2.95. The second-order valence-electron chi connectivity index (χ2n) is 8.00. The molecule has 0 aliphatic carbocycles. The molecule has 0 aliphatic rings. The Balaban J connectivity index is 2.41. The Bertz CT molecular complexity index is 1050. The topological polar surface area (TPSA) is 86.8 Å².